The molecular formula is C25H24F4N4O4S2. The molecule has 14 heteroatoms. The minimum absolute atomic E-state index is 0.0884. The molecule has 208 valence electrons. The Balaban J connectivity index is 1.86. The van der Waals surface area contributed by atoms with Gasteiger partial charge in [0.1, 0.15) is 11.9 Å². The molecule has 0 fully saturated rings. The molecule has 3 aromatic rings. The Morgan fingerprint density at radius 2 is 1.85 bits per heavy atom. The van der Waals surface area contributed by atoms with Crippen molar-refractivity contribution in [3.05, 3.63) is 89.8 Å². The van der Waals surface area contributed by atoms with E-state index in [1.54, 1.807) is 59.9 Å². The first-order valence-corrected chi connectivity index (χ1v) is 14.2. The van der Waals surface area contributed by atoms with Crippen LogP contribution in [0.5, 0.6) is 0 Å². The molecule has 2 aromatic carbocycles. The zero-order valence-corrected chi connectivity index (χ0v) is 22.1. The van der Waals surface area contributed by atoms with Gasteiger partial charge >= 0.3 is 15.5 Å². The third-order valence-electron chi connectivity index (χ3n) is 5.39. The summed E-state index contributed by atoms with van der Waals surface area (Å²) in [5.74, 6) is -2.41. The van der Waals surface area contributed by atoms with E-state index in [1.807, 2.05) is 0 Å². The molecule has 0 unspecified atom stereocenters. The number of sulfonamides is 1. The number of hydrogen-bond acceptors (Lipinski definition) is 6. The van der Waals surface area contributed by atoms with Crippen LogP contribution in [0.15, 0.2) is 67.3 Å². The van der Waals surface area contributed by atoms with Crippen molar-refractivity contribution in [2.24, 2.45) is 0 Å². The van der Waals surface area contributed by atoms with E-state index >= 15 is 0 Å². The van der Waals surface area contributed by atoms with E-state index in [2.05, 4.69) is 10.3 Å². The van der Waals surface area contributed by atoms with E-state index in [0.29, 0.717) is 12.1 Å². The number of alkyl halides is 3. The summed E-state index contributed by atoms with van der Waals surface area (Å²) in [4.78, 5) is 29.3. The molecule has 0 aliphatic rings. The molecule has 1 atom stereocenters. The van der Waals surface area contributed by atoms with E-state index in [9.17, 15) is 35.6 Å². The number of thioether (sulfide) groups is 1. The molecule has 8 nitrogen and oxygen atoms in total. The van der Waals surface area contributed by atoms with Gasteiger partial charge in [-0.15, -0.1) is 0 Å². The van der Waals surface area contributed by atoms with Crippen molar-refractivity contribution in [2.45, 2.75) is 24.5 Å². The van der Waals surface area contributed by atoms with Crippen molar-refractivity contribution in [1.29, 1.82) is 0 Å². The molecule has 1 heterocycles. The number of allylic oxidation sites excluding steroid dienone is 1. The van der Waals surface area contributed by atoms with Gasteiger partial charge in [-0.2, -0.15) is 33.4 Å². The number of imidazole rings is 1. The van der Waals surface area contributed by atoms with Crippen LogP contribution in [0.25, 0.3) is 11.6 Å². The molecule has 0 aliphatic carbocycles. The predicted octanol–water partition coefficient (Wildman–Crippen LogP) is 4.08. The van der Waals surface area contributed by atoms with Gasteiger partial charge in [-0.3, -0.25) is 9.59 Å². The molecule has 1 aromatic heterocycles. The molecule has 0 spiro atoms. The average Bonchev–Trinajstić information content (AvgIpc) is 3.39. The monoisotopic (exact) mass is 584 g/mol. The van der Waals surface area contributed by atoms with Crippen molar-refractivity contribution in [3.63, 3.8) is 0 Å². The minimum Gasteiger partial charge on any atom is -0.340 e. The molecule has 0 bridgehead atoms. The standard InChI is InChI=1S/C25H24F4N4O4S2/c1-38-12-9-22(24(35)32-39(36,37)25(27,28)29)31-23(34)19-4-2-3-17(13-19)14-20(15-33-11-10-30-16-33)18-5-7-21(26)8-6-18/h2-8,10-11,13-14,16,22H,9,12,15H2,1H3,(H,31,34)(H,32,35)/t22-/m0/s1. The lowest BCUT2D eigenvalue weighted by molar-refractivity contribution is -0.121. The Morgan fingerprint density at radius 3 is 2.46 bits per heavy atom. The number of nitrogens with zero attached hydrogens (tertiary/aromatic N) is 2. The Labute approximate surface area is 226 Å². The molecule has 3 rings (SSSR count). The van der Waals surface area contributed by atoms with Crippen LogP contribution in [-0.4, -0.2) is 53.3 Å². The smallest absolute Gasteiger partial charge is 0.340 e. The average molecular weight is 585 g/mol. The third kappa shape index (κ3) is 8.42. The SMILES string of the molecule is CSCC[C@H](NC(=O)c1cccc(C=C(Cn2ccnc2)c2ccc(F)cc2)c1)C(=O)NS(=O)(=O)C(F)(F)F. The quantitative estimate of drug-likeness (QED) is 0.260. The molecule has 0 saturated heterocycles. The summed E-state index contributed by atoms with van der Waals surface area (Å²) < 4.78 is 77.2. The number of aromatic nitrogens is 2. The number of amides is 2. The lowest BCUT2D eigenvalue weighted by atomic mass is 10.0. The molecule has 39 heavy (non-hydrogen) atoms. The second-order valence-electron chi connectivity index (χ2n) is 8.26. The minimum atomic E-state index is -5.93. The fourth-order valence-electron chi connectivity index (χ4n) is 3.44. The fraction of sp³-hybridized carbons (Fsp3) is 0.240. The maximum atomic E-state index is 13.5. The van der Waals surface area contributed by atoms with Crippen LogP contribution in [-0.2, 0) is 21.4 Å². The highest BCUT2D eigenvalue weighted by atomic mass is 32.2. The van der Waals surface area contributed by atoms with Gasteiger partial charge in [-0.25, -0.2) is 14.1 Å². The maximum Gasteiger partial charge on any atom is 0.516 e. The Hall–Kier alpha value is -3.65. The molecule has 2 N–H and O–H groups in total. The fourth-order valence-corrected chi connectivity index (χ4v) is 4.43. The summed E-state index contributed by atoms with van der Waals surface area (Å²) in [6.45, 7) is 0.382. The summed E-state index contributed by atoms with van der Waals surface area (Å²) in [5.41, 5.74) is -3.53. The van der Waals surface area contributed by atoms with Crippen LogP contribution in [0.4, 0.5) is 17.6 Å². The van der Waals surface area contributed by atoms with Gasteiger partial charge in [0.05, 0.1) is 6.33 Å². The van der Waals surface area contributed by atoms with Gasteiger partial charge in [0.15, 0.2) is 0 Å². The molecule has 2 amide bonds. The molecule has 0 saturated carbocycles. The lowest BCUT2D eigenvalue weighted by Crippen LogP contribution is -2.51. The number of nitrogens with one attached hydrogen (secondary N) is 2. The van der Waals surface area contributed by atoms with Crippen LogP contribution in [0.3, 0.4) is 0 Å². The van der Waals surface area contributed by atoms with Gasteiger partial charge in [0.25, 0.3) is 11.8 Å². The van der Waals surface area contributed by atoms with Crippen LogP contribution in [0.2, 0.25) is 0 Å². The maximum absolute atomic E-state index is 13.5. The third-order valence-corrected chi connectivity index (χ3v) is 7.11. The van der Waals surface area contributed by atoms with Crippen LogP contribution < -0.4 is 10.0 Å². The van der Waals surface area contributed by atoms with Gasteiger partial charge < -0.3 is 9.88 Å². The van der Waals surface area contributed by atoms with Crippen LogP contribution >= 0.6 is 11.8 Å². The summed E-state index contributed by atoms with van der Waals surface area (Å²) in [6, 6.07) is 10.6. The van der Waals surface area contributed by atoms with Gasteiger partial charge in [0, 0.05) is 24.5 Å². The van der Waals surface area contributed by atoms with Crippen molar-refractivity contribution in [2.75, 3.05) is 12.0 Å². The zero-order valence-electron chi connectivity index (χ0n) is 20.5. The summed E-state index contributed by atoms with van der Waals surface area (Å²) in [5, 5.41) is 2.33. The van der Waals surface area contributed by atoms with Gasteiger partial charge in [0.2, 0.25) is 0 Å². The van der Waals surface area contributed by atoms with Crippen molar-refractivity contribution in [1.82, 2.24) is 19.6 Å². The first kappa shape index (κ1) is 29.9. The second kappa shape index (κ2) is 12.9. The molecule has 0 aliphatic heterocycles. The largest absolute Gasteiger partial charge is 0.516 e. The summed E-state index contributed by atoms with van der Waals surface area (Å²) in [7, 11) is -5.93. The van der Waals surface area contributed by atoms with E-state index in [-0.39, 0.29) is 17.7 Å². The van der Waals surface area contributed by atoms with Crippen LogP contribution in [0.1, 0.15) is 27.9 Å². The van der Waals surface area contributed by atoms with Crippen molar-refractivity contribution in [3.8, 4) is 0 Å². The highest BCUT2D eigenvalue weighted by Crippen LogP contribution is 2.23. The number of halogens is 4. The van der Waals surface area contributed by atoms with Crippen molar-refractivity contribution >= 4 is 45.2 Å². The van der Waals surface area contributed by atoms with Gasteiger partial charge in [-0.05, 0) is 65.5 Å². The first-order chi connectivity index (χ1) is 18.4. The Bertz CT molecular complexity index is 1430. The normalized spacial score (nSPS) is 13.1. The lowest BCUT2D eigenvalue weighted by Gasteiger charge is -2.19. The summed E-state index contributed by atoms with van der Waals surface area (Å²) in [6.07, 6.45) is 8.32. The van der Waals surface area contributed by atoms with E-state index in [4.69, 9.17) is 0 Å². The zero-order chi connectivity index (χ0) is 28.6. The highest BCUT2D eigenvalue weighted by molar-refractivity contribution is 7.98. The predicted molar refractivity (Wildman–Crippen MR) is 140 cm³/mol. The molecular weight excluding hydrogens is 560 g/mol. The molecule has 0 radical (unpaired) electrons. The van der Waals surface area contributed by atoms with Gasteiger partial charge in [-0.1, -0.05) is 24.3 Å². The number of hydrogen-bond donors (Lipinski definition) is 2. The van der Waals surface area contributed by atoms with E-state index in [1.165, 1.54) is 36.0 Å². The summed E-state index contributed by atoms with van der Waals surface area (Å²) >= 11 is 1.26. The van der Waals surface area contributed by atoms with Crippen molar-refractivity contribution < 1.29 is 35.6 Å². The number of rotatable bonds is 11. The Kier molecular flexibility index (Phi) is 9.92. The number of benzene rings is 2. The van der Waals surface area contributed by atoms with E-state index in [0.717, 1.165) is 15.9 Å². The van der Waals surface area contributed by atoms with E-state index < -0.39 is 39.2 Å². The topological polar surface area (TPSA) is 110 Å². The first-order valence-electron chi connectivity index (χ1n) is 11.3. The highest BCUT2D eigenvalue weighted by Gasteiger charge is 2.47. The van der Waals surface area contributed by atoms with Crippen LogP contribution in [0, 0.1) is 5.82 Å². The second-order valence-corrected chi connectivity index (χ2v) is 10.9. The number of carbonyl (C=O) groups is 2. The Morgan fingerprint density at radius 1 is 1.13 bits per heavy atom. The number of carbonyl (C=O) groups excluding carboxylic acids is 2.